The molecule has 0 aliphatic rings. The summed E-state index contributed by atoms with van der Waals surface area (Å²) >= 11 is 0. The van der Waals surface area contributed by atoms with Crippen molar-refractivity contribution in [3.05, 3.63) is 23.3 Å². The predicted octanol–water partition coefficient (Wildman–Crippen LogP) is 5.00. The zero-order chi connectivity index (χ0) is 15.5. The van der Waals surface area contributed by atoms with Crippen LogP contribution in [-0.2, 0) is 9.53 Å². The molecule has 0 saturated heterocycles. The van der Waals surface area contributed by atoms with Crippen molar-refractivity contribution in [1.29, 1.82) is 0 Å². The van der Waals surface area contributed by atoms with Crippen molar-refractivity contribution < 1.29 is 13.9 Å². The van der Waals surface area contributed by atoms with Crippen LogP contribution in [0, 0.1) is 5.92 Å². The number of hydrogen-bond donors (Lipinski definition) is 0. The molecule has 0 bridgehead atoms. The first-order chi connectivity index (χ1) is 9.36. The predicted molar refractivity (Wildman–Crippen MR) is 82.3 cm³/mol. The molecule has 0 amide bonds. The van der Waals surface area contributed by atoms with E-state index in [2.05, 4.69) is 26.8 Å². The third-order valence-electron chi connectivity index (χ3n) is 3.25. The number of rotatable bonds is 9. The molecule has 3 heteroatoms. The molecule has 0 unspecified atom stereocenters. The largest absolute Gasteiger partial charge is 0.463 e. The first-order valence-electron chi connectivity index (χ1n) is 7.49. The standard InChI is InChI=1S/C17H29FO2/c1-6-20-17(19)12-15(5)16(18)11-10-14(4)9-7-8-13(2)3/h8,12,14,16H,6-7,9-11H2,1-5H3/b15-12+/t14-,16+/m0/s1. The lowest BCUT2D eigenvalue weighted by Crippen LogP contribution is -2.08. The Kier molecular flexibility index (Phi) is 10.0. The number of ether oxygens (including phenoxy) is 1. The summed E-state index contributed by atoms with van der Waals surface area (Å²) in [5, 5.41) is 0. The van der Waals surface area contributed by atoms with Crippen LogP contribution in [0.1, 0.15) is 60.3 Å². The van der Waals surface area contributed by atoms with Gasteiger partial charge in [-0.25, -0.2) is 9.18 Å². The molecule has 2 atom stereocenters. The van der Waals surface area contributed by atoms with Gasteiger partial charge in [-0.05, 0) is 64.9 Å². The molecule has 0 radical (unpaired) electrons. The Morgan fingerprint density at radius 3 is 2.40 bits per heavy atom. The zero-order valence-corrected chi connectivity index (χ0v) is 13.5. The van der Waals surface area contributed by atoms with Crippen LogP contribution in [0.5, 0.6) is 0 Å². The monoisotopic (exact) mass is 284 g/mol. The summed E-state index contributed by atoms with van der Waals surface area (Å²) in [6, 6.07) is 0. The molecule has 0 aromatic carbocycles. The van der Waals surface area contributed by atoms with Crippen molar-refractivity contribution in [2.75, 3.05) is 6.61 Å². The van der Waals surface area contributed by atoms with Gasteiger partial charge in [-0.1, -0.05) is 18.6 Å². The van der Waals surface area contributed by atoms with Crippen molar-refractivity contribution in [2.24, 2.45) is 5.92 Å². The molecule has 2 nitrogen and oxygen atoms in total. The maximum Gasteiger partial charge on any atom is 0.330 e. The highest BCUT2D eigenvalue weighted by Crippen LogP contribution is 2.20. The molecule has 0 spiro atoms. The molecule has 0 rings (SSSR count). The first-order valence-corrected chi connectivity index (χ1v) is 7.49. The fourth-order valence-electron chi connectivity index (χ4n) is 1.92. The van der Waals surface area contributed by atoms with E-state index in [0.717, 1.165) is 19.3 Å². The molecule has 0 aromatic rings. The minimum absolute atomic E-state index is 0.320. The number of esters is 1. The van der Waals surface area contributed by atoms with Crippen LogP contribution in [0.25, 0.3) is 0 Å². The van der Waals surface area contributed by atoms with Crippen molar-refractivity contribution in [3.63, 3.8) is 0 Å². The van der Waals surface area contributed by atoms with E-state index in [1.807, 2.05) is 0 Å². The second-order valence-electron chi connectivity index (χ2n) is 5.65. The van der Waals surface area contributed by atoms with E-state index in [4.69, 9.17) is 4.74 Å². The number of allylic oxidation sites excluding steroid dienone is 3. The van der Waals surface area contributed by atoms with Gasteiger partial charge in [-0.3, -0.25) is 0 Å². The average molecular weight is 284 g/mol. The topological polar surface area (TPSA) is 26.3 Å². The Bertz CT molecular complexity index is 341. The third-order valence-corrected chi connectivity index (χ3v) is 3.25. The summed E-state index contributed by atoms with van der Waals surface area (Å²) < 4.78 is 18.7. The van der Waals surface area contributed by atoms with Gasteiger partial charge in [0.15, 0.2) is 0 Å². The lowest BCUT2D eigenvalue weighted by Gasteiger charge is -2.13. The third kappa shape index (κ3) is 9.76. The number of alkyl halides is 1. The molecule has 20 heavy (non-hydrogen) atoms. The van der Waals surface area contributed by atoms with E-state index in [-0.39, 0.29) is 0 Å². The fraction of sp³-hybridized carbons (Fsp3) is 0.706. The van der Waals surface area contributed by atoms with Crippen LogP contribution in [0.2, 0.25) is 0 Å². The Balaban J connectivity index is 4.05. The number of halogens is 1. The Morgan fingerprint density at radius 2 is 1.85 bits per heavy atom. The van der Waals surface area contributed by atoms with Crippen LogP contribution in [-0.4, -0.2) is 18.7 Å². The van der Waals surface area contributed by atoms with Crippen molar-refractivity contribution in [3.8, 4) is 0 Å². The molecular weight excluding hydrogens is 255 g/mol. The van der Waals surface area contributed by atoms with Crippen LogP contribution < -0.4 is 0 Å². The van der Waals surface area contributed by atoms with Crippen molar-refractivity contribution in [2.45, 2.75) is 66.5 Å². The van der Waals surface area contributed by atoms with Crippen molar-refractivity contribution >= 4 is 5.97 Å². The molecule has 0 fully saturated rings. The Morgan fingerprint density at radius 1 is 1.20 bits per heavy atom. The van der Waals surface area contributed by atoms with E-state index in [0.29, 0.717) is 24.5 Å². The van der Waals surface area contributed by atoms with Gasteiger partial charge < -0.3 is 4.74 Å². The Labute approximate surface area is 123 Å². The quantitative estimate of drug-likeness (QED) is 0.338. The van der Waals surface area contributed by atoms with Crippen LogP contribution >= 0.6 is 0 Å². The highest BCUT2D eigenvalue weighted by Gasteiger charge is 2.12. The number of hydrogen-bond acceptors (Lipinski definition) is 2. The summed E-state index contributed by atoms with van der Waals surface area (Å²) in [7, 11) is 0. The molecular formula is C17H29FO2. The highest BCUT2D eigenvalue weighted by atomic mass is 19.1. The fourth-order valence-corrected chi connectivity index (χ4v) is 1.92. The van der Waals surface area contributed by atoms with Crippen molar-refractivity contribution in [1.82, 2.24) is 0 Å². The van der Waals surface area contributed by atoms with Crippen LogP contribution in [0.3, 0.4) is 0 Å². The summed E-state index contributed by atoms with van der Waals surface area (Å²) in [4.78, 5) is 11.2. The second-order valence-corrected chi connectivity index (χ2v) is 5.65. The summed E-state index contributed by atoms with van der Waals surface area (Å²) in [5.41, 5.74) is 1.79. The van der Waals surface area contributed by atoms with Gasteiger partial charge in [0.1, 0.15) is 6.17 Å². The Hall–Kier alpha value is -1.12. The van der Waals surface area contributed by atoms with Gasteiger partial charge >= 0.3 is 5.97 Å². The van der Waals surface area contributed by atoms with E-state index >= 15 is 0 Å². The van der Waals surface area contributed by atoms with Crippen LogP contribution in [0.15, 0.2) is 23.3 Å². The molecule has 0 saturated carbocycles. The maximum absolute atomic E-state index is 13.9. The van der Waals surface area contributed by atoms with Gasteiger partial charge in [0.2, 0.25) is 0 Å². The molecule has 0 aliphatic heterocycles. The molecule has 0 aliphatic carbocycles. The van der Waals surface area contributed by atoms with E-state index in [1.54, 1.807) is 13.8 Å². The maximum atomic E-state index is 13.9. The summed E-state index contributed by atoms with van der Waals surface area (Å²) in [5.74, 6) is 0.0449. The average Bonchev–Trinajstić information content (AvgIpc) is 2.35. The normalized spacial score (nSPS) is 14.6. The highest BCUT2D eigenvalue weighted by molar-refractivity contribution is 5.82. The SMILES string of the molecule is CCOC(=O)/C=C(\C)[C@H](F)CC[C@@H](C)CCC=C(C)C. The first kappa shape index (κ1) is 18.9. The van der Waals surface area contributed by atoms with Gasteiger partial charge in [0.25, 0.3) is 0 Å². The van der Waals surface area contributed by atoms with E-state index in [9.17, 15) is 9.18 Å². The minimum atomic E-state index is -1.05. The summed E-state index contributed by atoms with van der Waals surface area (Å²) in [6.45, 7) is 10.0. The lowest BCUT2D eigenvalue weighted by atomic mass is 9.96. The zero-order valence-electron chi connectivity index (χ0n) is 13.5. The number of carbonyl (C=O) groups is 1. The van der Waals surface area contributed by atoms with Gasteiger partial charge in [0, 0.05) is 6.08 Å². The molecule has 0 aromatic heterocycles. The van der Waals surface area contributed by atoms with E-state index in [1.165, 1.54) is 11.6 Å². The van der Waals surface area contributed by atoms with Gasteiger partial charge in [0.05, 0.1) is 6.61 Å². The lowest BCUT2D eigenvalue weighted by molar-refractivity contribution is -0.137. The van der Waals surface area contributed by atoms with Crippen LogP contribution in [0.4, 0.5) is 4.39 Å². The van der Waals surface area contributed by atoms with Gasteiger partial charge in [-0.15, -0.1) is 0 Å². The second kappa shape index (κ2) is 10.6. The molecule has 0 N–H and O–H groups in total. The minimum Gasteiger partial charge on any atom is -0.463 e. The molecule has 116 valence electrons. The smallest absolute Gasteiger partial charge is 0.330 e. The summed E-state index contributed by atoms with van der Waals surface area (Å²) in [6.07, 6.45) is 5.88. The van der Waals surface area contributed by atoms with E-state index < -0.39 is 12.1 Å². The number of carbonyl (C=O) groups excluding carboxylic acids is 1. The van der Waals surface area contributed by atoms with Gasteiger partial charge in [-0.2, -0.15) is 0 Å². The molecule has 0 heterocycles.